The highest BCUT2D eigenvalue weighted by molar-refractivity contribution is 7.79. The lowest BCUT2D eigenvalue weighted by atomic mass is 10.3. The highest BCUT2D eigenvalue weighted by Gasteiger charge is 2.04. The van der Waals surface area contributed by atoms with Crippen molar-refractivity contribution < 1.29 is 8.76 Å². The molecular formula is C7H5N4O2S-. The highest BCUT2D eigenvalue weighted by atomic mass is 32.2. The summed E-state index contributed by atoms with van der Waals surface area (Å²) >= 11 is -2.29. The molecule has 1 aromatic heterocycles. The maximum absolute atomic E-state index is 10.8. The van der Waals surface area contributed by atoms with Crippen LogP contribution in [0.3, 0.4) is 0 Å². The fourth-order valence-electron chi connectivity index (χ4n) is 1.06. The molecule has 0 aliphatic rings. The van der Waals surface area contributed by atoms with Crippen LogP contribution >= 0.6 is 0 Å². The van der Waals surface area contributed by atoms with Crippen LogP contribution in [-0.4, -0.2) is 29.0 Å². The first-order valence-electron chi connectivity index (χ1n) is 3.70. The summed E-state index contributed by atoms with van der Waals surface area (Å²) in [7, 11) is 0. The molecule has 0 fully saturated rings. The molecule has 0 radical (unpaired) electrons. The SMILES string of the molecule is O=S([O-])c1ccccc1-n1cnnn1. The van der Waals surface area contributed by atoms with Crippen LogP contribution in [0.2, 0.25) is 0 Å². The maximum atomic E-state index is 10.8. The Bertz CT molecular complexity index is 456. The Hall–Kier alpha value is -1.60. The van der Waals surface area contributed by atoms with Gasteiger partial charge >= 0.3 is 0 Å². The topological polar surface area (TPSA) is 83.7 Å². The second kappa shape index (κ2) is 3.64. The van der Waals surface area contributed by atoms with Gasteiger partial charge in [-0.3, -0.25) is 4.21 Å². The van der Waals surface area contributed by atoms with Crippen LogP contribution in [0.1, 0.15) is 0 Å². The number of tetrazole rings is 1. The molecule has 0 aliphatic heterocycles. The summed E-state index contributed by atoms with van der Waals surface area (Å²) in [5.74, 6) is 0. The molecule has 6 nitrogen and oxygen atoms in total. The molecule has 0 spiro atoms. The molecule has 0 saturated carbocycles. The average Bonchev–Trinajstić information content (AvgIpc) is 2.70. The number of para-hydroxylation sites is 1. The quantitative estimate of drug-likeness (QED) is 0.645. The van der Waals surface area contributed by atoms with Gasteiger partial charge in [0.1, 0.15) is 6.33 Å². The van der Waals surface area contributed by atoms with Crippen molar-refractivity contribution in [3.8, 4) is 5.69 Å². The number of aromatic nitrogens is 4. The molecule has 0 aliphatic carbocycles. The van der Waals surface area contributed by atoms with Crippen LogP contribution in [0.5, 0.6) is 0 Å². The zero-order chi connectivity index (χ0) is 9.97. The van der Waals surface area contributed by atoms with E-state index in [0.717, 1.165) is 0 Å². The van der Waals surface area contributed by atoms with E-state index in [0.29, 0.717) is 5.69 Å². The molecule has 2 aromatic rings. The predicted molar refractivity (Wildman–Crippen MR) is 46.3 cm³/mol. The Labute approximate surface area is 81.8 Å². The number of hydrogen-bond donors (Lipinski definition) is 0. The van der Waals surface area contributed by atoms with Gasteiger partial charge in [-0.15, -0.1) is 5.10 Å². The lowest BCUT2D eigenvalue weighted by molar-refractivity contribution is 0.536. The van der Waals surface area contributed by atoms with Gasteiger partial charge in [0.25, 0.3) is 0 Å². The van der Waals surface area contributed by atoms with Gasteiger partial charge in [0, 0.05) is 0 Å². The largest absolute Gasteiger partial charge is 0.768 e. The Morgan fingerprint density at radius 1 is 1.36 bits per heavy atom. The van der Waals surface area contributed by atoms with Crippen LogP contribution in [0, 0.1) is 0 Å². The zero-order valence-corrected chi connectivity index (χ0v) is 7.72. The van der Waals surface area contributed by atoms with Crippen LogP contribution in [-0.2, 0) is 11.1 Å². The van der Waals surface area contributed by atoms with Crippen molar-refractivity contribution in [2.24, 2.45) is 0 Å². The molecule has 0 bridgehead atoms. The predicted octanol–water partition coefficient (Wildman–Crippen LogP) is -0.0997. The first kappa shape index (κ1) is 8.97. The van der Waals surface area contributed by atoms with E-state index in [2.05, 4.69) is 15.5 Å². The standard InChI is InChI=1S/C7H6N4O2S/c12-14(13)7-4-2-1-3-6(7)11-5-8-9-10-11/h1-5H,(H,12,13)/p-1. The molecule has 1 aromatic carbocycles. The second-order valence-electron chi connectivity index (χ2n) is 2.46. The molecular weight excluding hydrogens is 204 g/mol. The fraction of sp³-hybridized carbons (Fsp3) is 0. The zero-order valence-electron chi connectivity index (χ0n) is 6.90. The van der Waals surface area contributed by atoms with E-state index in [-0.39, 0.29) is 4.90 Å². The Balaban J connectivity index is 2.58. The van der Waals surface area contributed by atoms with Crippen molar-refractivity contribution in [1.82, 2.24) is 20.2 Å². The number of nitrogens with zero attached hydrogens (tertiary/aromatic N) is 4. The Kier molecular flexibility index (Phi) is 2.33. The third-order valence-corrected chi connectivity index (χ3v) is 2.34. The van der Waals surface area contributed by atoms with Crippen molar-refractivity contribution >= 4 is 11.1 Å². The fourth-order valence-corrected chi connectivity index (χ4v) is 1.58. The van der Waals surface area contributed by atoms with Crippen molar-refractivity contribution in [1.29, 1.82) is 0 Å². The highest BCUT2D eigenvalue weighted by Crippen LogP contribution is 2.15. The molecule has 0 amide bonds. The summed E-state index contributed by atoms with van der Waals surface area (Å²) in [5.41, 5.74) is 0.436. The van der Waals surface area contributed by atoms with Gasteiger partial charge in [-0.1, -0.05) is 12.1 Å². The summed E-state index contributed by atoms with van der Waals surface area (Å²) in [6.45, 7) is 0. The number of rotatable bonds is 2. The van der Waals surface area contributed by atoms with Crippen LogP contribution < -0.4 is 0 Å². The minimum atomic E-state index is -2.29. The number of hydrogen-bond acceptors (Lipinski definition) is 5. The van der Waals surface area contributed by atoms with E-state index in [4.69, 9.17) is 0 Å². The van der Waals surface area contributed by atoms with Gasteiger partial charge in [0.2, 0.25) is 0 Å². The van der Waals surface area contributed by atoms with E-state index in [9.17, 15) is 8.76 Å². The van der Waals surface area contributed by atoms with E-state index < -0.39 is 11.1 Å². The van der Waals surface area contributed by atoms with Crippen molar-refractivity contribution in [3.05, 3.63) is 30.6 Å². The van der Waals surface area contributed by atoms with E-state index in [1.54, 1.807) is 18.2 Å². The molecule has 1 heterocycles. The lowest BCUT2D eigenvalue weighted by Crippen LogP contribution is -2.01. The van der Waals surface area contributed by atoms with Gasteiger partial charge in [-0.05, 0) is 33.6 Å². The van der Waals surface area contributed by atoms with Crippen LogP contribution in [0.15, 0.2) is 35.5 Å². The molecule has 1 unspecified atom stereocenters. The Morgan fingerprint density at radius 3 is 2.79 bits per heavy atom. The van der Waals surface area contributed by atoms with Gasteiger partial charge in [0.15, 0.2) is 0 Å². The maximum Gasteiger partial charge on any atom is 0.143 e. The van der Waals surface area contributed by atoms with Gasteiger partial charge in [-0.25, -0.2) is 0 Å². The Morgan fingerprint density at radius 2 is 2.14 bits per heavy atom. The van der Waals surface area contributed by atoms with Crippen molar-refractivity contribution in [2.45, 2.75) is 4.90 Å². The molecule has 2 rings (SSSR count). The number of benzene rings is 1. The average molecular weight is 209 g/mol. The monoisotopic (exact) mass is 209 g/mol. The van der Waals surface area contributed by atoms with E-state index in [1.165, 1.54) is 17.1 Å². The second-order valence-corrected chi connectivity index (χ2v) is 3.37. The first-order valence-corrected chi connectivity index (χ1v) is 4.78. The van der Waals surface area contributed by atoms with Gasteiger partial charge in [-0.2, -0.15) is 4.68 Å². The van der Waals surface area contributed by atoms with Crippen LogP contribution in [0.25, 0.3) is 5.69 Å². The smallest absolute Gasteiger partial charge is 0.143 e. The third kappa shape index (κ3) is 1.54. The third-order valence-electron chi connectivity index (χ3n) is 1.64. The summed E-state index contributed by atoms with van der Waals surface area (Å²) in [4.78, 5) is 0.166. The molecule has 0 saturated heterocycles. The van der Waals surface area contributed by atoms with Crippen molar-refractivity contribution in [3.63, 3.8) is 0 Å². The normalized spacial score (nSPS) is 12.6. The first-order chi connectivity index (χ1) is 6.79. The summed E-state index contributed by atoms with van der Waals surface area (Å²) in [6, 6.07) is 6.47. The van der Waals surface area contributed by atoms with Crippen LogP contribution in [0.4, 0.5) is 0 Å². The summed E-state index contributed by atoms with van der Waals surface area (Å²) < 4.78 is 23.0. The summed E-state index contributed by atoms with van der Waals surface area (Å²) in [6.07, 6.45) is 1.34. The van der Waals surface area contributed by atoms with E-state index in [1.807, 2.05) is 0 Å². The van der Waals surface area contributed by atoms with Gasteiger partial charge < -0.3 is 4.55 Å². The molecule has 0 N–H and O–H groups in total. The minimum Gasteiger partial charge on any atom is -0.768 e. The van der Waals surface area contributed by atoms with E-state index >= 15 is 0 Å². The molecule has 72 valence electrons. The van der Waals surface area contributed by atoms with Gasteiger partial charge in [0.05, 0.1) is 10.6 Å². The summed E-state index contributed by atoms with van der Waals surface area (Å²) in [5, 5.41) is 10.5. The van der Waals surface area contributed by atoms with Crippen molar-refractivity contribution in [2.75, 3.05) is 0 Å². The molecule has 14 heavy (non-hydrogen) atoms. The molecule has 1 atom stereocenters. The lowest BCUT2D eigenvalue weighted by Gasteiger charge is -2.09. The molecule has 7 heteroatoms. The minimum absolute atomic E-state index is 0.166.